The molecule has 3 nitrogen and oxygen atoms in total. The molecule has 0 bridgehead atoms. The molecule has 134 valence electrons. The van der Waals surface area contributed by atoms with Gasteiger partial charge in [0.15, 0.2) is 0 Å². The summed E-state index contributed by atoms with van der Waals surface area (Å²) < 4.78 is 0. The molecule has 2 aromatic rings. The number of amides is 2. The molecule has 1 aliphatic rings. The molecule has 2 aromatic carbocycles. The Balaban J connectivity index is 2.01. The second-order valence-corrected chi connectivity index (χ2v) is 8.13. The maximum atomic E-state index is 13.0. The standard InChI is InChI=1S/C22H22ClNO2/c1-13-6-11-17(14(2)12-13)18-19(23)21(26)24(20(18)25)16-9-7-15(8-10-16)22(3,4)5/h6-12H,1-5H3. The zero-order chi connectivity index (χ0) is 19.2. The fraction of sp³-hybridized carbons (Fsp3) is 0.273. The summed E-state index contributed by atoms with van der Waals surface area (Å²) in [4.78, 5) is 26.8. The van der Waals surface area contributed by atoms with Crippen LogP contribution in [-0.2, 0) is 15.0 Å². The number of aryl methyl sites for hydroxylation is 2. The number of halogens is 1. The van der Waals surface area contributed by atoms with E-state index >= 15 is 0 Å². The van der Waals surface area contributed by atoms with Crippen molar-refractivity contribution in [2.24, 2.45) is 0 Å². The SMILES string of the molecule is Cc1ccc(C2=C(Cl)C(=O)N(c3ccc(C(C)(C)C)cc3)C2=O)c(C)c1. The first kappa shape index (κ1) is 18.4. The van der Waals surface area contributed by atoms with E-state index in [1.807, 2.05) is 44.2 Å². The van der Waals surface area contributed by atoms with Crippen molar-refractivity contribution in [3.05, 3.63) is 69.8 Å². The minimum atomic E-state index is -0.477. The van der Waals surface area contributed by atoms with Crippen molar-refractivity contribution < 1.29 is 9.59 Å². The third-order valence-electron chi connectivity index (χ3n) is 4.67. The van der Waals surface area contributed by atoms with E-state index in [1.54, 1.807) is 12.1 Å². The Hall–Kier alpha value is -2.39. The van der Waals surface area contributed by atoms with Gasteiger partial charge in [0.2, 0.25) is 0 Å². The monoisotopic (exact) mass is 367 g/mol. The Kier molecular flexibility index (Phi) is 4.53. The zero-order valence-corrected chi connectivity index (χ0v) is 16.4. The fourth-order valence-corrected chi connectivity index (χ4v) is 3.44. The lowest BCUT2D eigenvalue weighted by Gasteiger charge is -2.21. The van der Waals surface area contributed by atoms with Gasteiger partial charge in [0, 0.05) is 0 Å². The van der Waals surface area contributed by atoms with Gasteiger partial charge in [0.1, 0.15) is 5.03 Å². The lowest BCUT2D eigenvalue weighted by Crippen LogP contribution is -2.31. The molecule has 0 N–H and O–H groups in total. The van der Waals surface area contributed by atoms with E-state index in [9.17, 15) is 9.59 Å². The molecule has 1 aliphatic heterocycles. The summed E-state index contributed by atoms with van der Waals surface area (Å²) in [7, 11) is 0. The van der Waals surface area contributed by atoms with E-state index in [0.29, 0.717) is 11.3 Å². The van der Waals surface area contributed by atoms with Gasteiger partial charge in [-0.1, -0.05) is 68.3 Å². The second kappa shape index (κ2) is 6.40. The molecule has 0 spiro atoms. The third-order valence-corrected chi connectivity index (χ3v) is 5.02. The first-order valence-corrected chi connectivity index (χ1v) is 8.96. The first-order chi connectivity index (χ1) is 12.1. The van der Waals surface area contributed by atoms with Crippen LogP contribution in [0.25, 0.3) is 5.57 Å². The maximum Gasteiger partial charge on any atom is 0.277 e. The number of hydrogen-bond acceptors (Lipinski definition) is 2. The van der Waals surface area contributed by atoms with Crippen LogP contribution >= 0.6 is 11.6 Å². The summed E-state index contributed by atoms with van der Waals surface area (Å²) in [5.41, 5.74) is 4.65. The molecule has 0 unspecified atom stereocenters. The van der Waals surface area contributed by atoms with Crippen LogP contribution < -0.4 is 4.90 Å². The Labute approximate surface area is 159 Å². The highest BCUT2D eigenvalue weighted by Crippen LogP contribution is 2.36. The molecule has 0 atom stereocenters. The van der Waals surface area contributed by atoms with Gasteiger partial charge in [-0.3, -0.25) is 9.59 Å². The number of anilines is 1. The van der Waals surface area contributed by atoms with E-state index in [0.717, 1.165) is 21.6 Å². The number of carbonyl (C=O) groups excluding carboxylic acids is 2. The molecule has 26 heavy (non-hydrogen) atoms. The van der Waals surface area contributed by atoms with Gasteiger partial charge in [0.25, 0.3) is 11.8 Å². The average molecular weight is 368 g/mol. The van der Waals surface area contributed by atoms with Crippen molar-refractivity contribution in [3.63, 3.8) is 0 Å². The van der Waals surface area contributed by atoms with Gasteiger partial charge in [0.05, 0.1) is 11.3 Å². The zero-order valence-electron chi connectivity index (χ0n) is 15.7. The van der Waals surface area contributed by atoms with Crippen molar-refractivity contribution in [2.75, 3.05) is 4.90 Å². The van der Waals surface area contributed by atoms with E-state index in [1.165, 1.54) is 0 Å². The van der Waals surface area contributed by atoms with Crippen LogP contribution in [-0.4, -0.2) is 11.8 Å². The fourth-order valence-electron chi connectivity index (χ4n) is 3.18. The predicted octanol–water partition coefficient (Wildman–Crippen LogP) is 5.12. The van der Waals surface area contributed by atoms with Crippen LogP contribution in [0.4, 0.5) is 5.69 Å². The van der Waals surface area contributed by atoms with Crippen LogP contribution in [0, 0.1) is 13.8 Å². The van der Waals surface area contributed by atoms with E-state index in [-0.39, 0.29) is 21.9 Å². The lowest BCUT2D eigenvalue weighted by atomic mass is 9.87. The van der Waals surface area contributed by atoms with Crippen molar-refractivity contribution >= 4 is 34.7 Å². The van der Waals surface area contributed by atoms with Crippen molar-refractivity contribution in [1.29, 1.82) is 0 Å². The summed E-state index contributed by atoms with van der Waals surface area (Å²) in [6.07, 6.45) is 0. The number of carbonyl (C=O) groups is 2. The lowest BCUT2D eigenvalue weighted by molar-refractivity contribution is -0.119. The van der Waals surface area contributed by atoms with Crippen LogP contribution in [0.1, 0.15) is 43.0 Å². The average Bonchev–Trinajstić information content (AvgIpc) is 2.77. The molecule has 3 rings (SSSR count). The summed E-state index contributed by atoms with van der Waals surface area (Å²) in [5, 5.41) is -0.0261. The molecule has 0 saturated carbocycles. The molecule has 0 fully saturated rings. The highest BCUT2D eigenvalue weighted by molar-refractivity contribution is 6.60. The molecule has 0 aromatic heterocycles. The predicted molar refractivity (Wildman–Crippen MR) is 106 cm³/mol. The molecule has 2 amide bonds. The molecule has 1 heterocycles. The maximum absolute atomic E-state index is 13.0. The third kappa shape index (κ3) is 3.08. The largest absolute Gasteiger partial charge is 0.277 e. The van der Waals surface area contributed by atoms with Gasteiger partial charge in [-0.2, -0.15) is 0 Å². The van der Waals surface area contributed by atoms with Crippen LogP contribution in [0.5, 0.6) is 0 Å². The molecule has 0 aliphatic carbocycles. The van der Waals surface area contributed by atoms with Gasteiger partial charge in [-0.05, 0) is 48.1 Å². The minimum absolute atomic E-state index is 0.00236. The van der Waals surface area contributed by atoms with Crippen molar-refractivity contribution in [1.82, 2.24) is 0 Å². The van der Waals surface area contributed by atoms with E-state index in [2.05, 4.69) is 20.8 Å². The summed E-state index contributed by atoms with van der Waals surface area (Å²) in [5.74, 6) is -0.856. The van der Waals surface area contributed by atoms with Crippen LogP contribution in [0.3, 0.4) is 0 Å². The normalized spacial score (nSPS) is 15.2. The Bertz CT molecular complexity index is 934. The number of imide groups is 1. The van der Waals surface area contributed by atoms with Gasteiger partial charge >= 0.3 is 0 Å². The first-order valence-electron chi connectivity index (χ1n) is 8.58. The molecular weight excluding hydrogens is 346 g/mol. The molecule has 0 saturated heterocycles. The number of hydrogen-bond donors (Lipinski definition) is 0. The number of benzene rings is 2. The van der Waals surface area contributed by atoms with Crippen LogP contribution in [0.15, 0.2) is 47.5 Å². The topological polar surface area (TPSA) is 37.4 Å². The Morgan fingerprint density at radius 1 is 0.885 bits per heavy atom. The van der Waals surface area contributed by atoms with E-state index < -0.39 is 5.91 Å². The Morgan fingerprint density at radius 3 is 2.04 bits per heavy atom. The summed E-state index contributed by atoms with van der Waals surface area (Å²) in [6.45, 7) is 10.2. The quantitative estimate of drug-likeness (QED) is 0.690. The van der Waals surface area contributed by atoms with Crippen LogP contribution in [0.2, 0.25) is 0 Å². The van der Waals surface area contributed by atoms with Gasteiger partial charge in [-0.25, -0.2) is 4.90 Å². The van der Waals surface area contributed by atoms with E-state index in [4.69, 9.17) is 11.6 Å². The van der Waals surface area contributed by atoms with Gasteiger partial charge < -0.3 is 0 Å². The second-order valence-electron chi connectivity index (χ2n) is 7.75. The summed E-state index contributed by atoms with van der Waals surface area (Å²) in [6, 6.07) is 13.2. The highest BCUT2D eigenvalue weighted by atomic mass is 35.5. The summed E-state index contributed by atoms with van der Waals surface area (Å²) >= 11 is 6.29. The number of rotatable bonds is 2. The molecule has 0 radical (unpaired) electrons. The minimum Gasteiger partial charge on any atom is -0.268 e. The Morgan fingerprint density at radius 2 is 1.50 bits per heavy atom. The molecule has 4 heteroatoms. The van der Waals surface area contributed by atoms with Crippen molar-refractivity contribution in [3.8, 4) is 0 Å². The molecular formula is C22H22ClNO2. The number of nitrogens with zero attached hydrogens (tertiary/aromatic N) is 1. The van der Waals surface area contributed by atoms with Gasteiger partial charge in [-0.15, -0.1) is 0 Å². The van der Waals surface area contributed by atoms with Crippen molar-refractivity contribution in [2.45, 2.75) is 40.0 Å². The highest BCUT2D eigenvalue weighted by Gasteiger charge is 2.39. The smallest absolute Gasteiger partial charge is 0.268 e.